The van der Waals surface area contributed by atoms with Gasteiger partial charge in [-0.05, 0) is 81.7 Å². The Labute approximate surface area is 220 Å². The molecule has 0 radical (unpaired) electrons. The topological polar surface area (TPSA) is 104 Å². The van der Waals surface area contributed by atoms with Gasteiger partial charge in [0.1, 0.15) is 0 Å². The quantitative estimate of drug-likeness (QED) is 0.182. The van der Waals surface area contributed by atoms with Crippen molar-refractivity contribution < 1.29 is 14.3 Å². The second kappa shape index (κ2) is 11.3. The fraction of sp³-hybridized carbons (Fsp3) is 0.444. The van der Waals surface area contributed by atoms with Gasteiger partial charge in [-0.15, -0.1) is 0 Å². The molecule has 192 valence electrons. The van der Waals surface area contributed by atoms with Crippen molar-refractivity contribution in [2.24, 2.45) is 18.9 Å². The molecule has 1 saturated carbocycles. The summed E-state index contributed by atoms with van der Waals surface area (Å²) in [5, 5.41) is 8.09. The summed E-state index contributed by atoms with van der Waals surface area (Å²) in [4.78, 5) is 16.8. The zero-order valence-electron chi connectivity index (χ0n) is 21.3. The van der Waals surface area contributed by atoms with Gasteiger partial charge in [0.05, 0.1) is 47.6 Å². The Morgan fingerprint density at radius 2 is 2.06 bits per heavy atom. The number of ether oxygens (including phenoxy) is 2. The van der Waals surface area contributed by atoms with E-state index in [9.17, 15) is 4.79 Å². The van der Waals surface area contributed by atoms with E-state index in [-0.39, 0.29) is 0 Å². The van der Waals surface area contributed by atoms with Gasteiger partial charge in [-0.3, -0.25) is 4.98 Å². The number of benzene rings is 1. The smallest absolute Gasteiger partial charge is 0.337 e. The molecule has 3 aromatic rings. The SMILES string of the molecule is COC(=O)c1cc(C)nc(-c2c(C)nn(C)c2OCCC[C@H](CNc2ccc(Br)cc2N)C2CC2)c1. The molecule has 2 aromatic heterocycles. The van der Waals surface area contributed by atoms with Crippen LogP contribution in [0.25, 0.3) is 11.3 Å². The molecule has 0 spiro atoms. The summed E-state index contributed by atoms with van der Waals surface area (Å²) in [6, 6.07) is 9.40. The number of nitrogens with two attached hydrogens (primary N) is 1. The van der Waals surface area contributed by atoms with Crippen LogP contribution in [0.2, 0.25) is 0 Å². The van der Waals surface area contributed by atoms with Crippen LogP contribution in [0.15, 0.2) is 34.8 Å². The Morgan fingerprint density at radius 3 is 2.75 bits per heavy atom. The molecule has 9 heteroatoms. The predicted octanol–water partition coefficient (Wildman–Crippen LogP) is 5.53. The van der Waals surface area contributed by atoms with Gasteiger partial charge in [0.25, 0.3) is 0 Å². The summed E-state index contributed by atoms with van der Waals surface area (Å²) in [6.07, 6.45) is 4.57. The lowest BCUT2D eigenvalue weighted by atomic mass is 9.97. The Bertz CT molecular complexity index is 1240. The standard InChI is InChI=1S/C27H34BrN5O3/c1-16-12-20(27(34)35-4)13-24(31-16)25-17(2)32-33(3)26(25)36-11-5-6-19(18-7-8-18)15-30-23-10-9-21(28)14-22(23)29/h9-10,12-14,18-19,30H,5-8,11,15,29H2,1-4H3/t19-/m1/s1. The second-order valence-electron chi connectivity index (χ2n) is 9.46. The molecule has 0 saturated heterocycles. The van der Waals surface area contributed by atoms with Gasteiger partial charge in [0.15, 0.2) is 0 Å². The number of nitrogens with zero attached hydrogens (tertiary/aromatic N) is 3. The number of halogens is 1. The lowest BCUT2D eigenvalue weighted by Crippen LogP contribution is -2.18. The van der Waals surface area contributed by atoms with Crippen LogP contribution in [0.3, 0.4) is 0 Å². The van der Waals surface area contributed by atoms with Crippen molar-refractivity contribution in [1.82, 2.24) is 14.8 Å². The van der Waals surface area contributed by atoms with Crippen molar-refractivity contribution in [3.63, 3.8) is 0 Å². The van der Waals surface area contributed by atoms with Crippen molar-refractivity contribution >= 4 is 33.3 Å². The second-order valence-corrected chi connectivity index (χ2v) is 10.4. The molecule has 0 bridgehead atoms. The van der Waals surface area contributed by atoms with Gasteiger partial charge in [-0.25, -0.2) is 9.48 Å². The number of anilines is 2. The molecule has 0 aliphatic heterocycles. The molecule has 1 aromatic carbocycles. The average Bonchev–Trinajstić information content (AvgIpc) is 3.63. The van der Waals surface area contributed by atoms with Gasteiger partial charge in [0, 0.05) is 23.8 Å². The molecular weight excluding hydrogens is 522 g/mol. The zero-order chi connectivity index (χ0) is 25.8. The van der Waals surface area contributed by atoms with Gasteiger partial charge >= 0.3 is 5.97 Å². The van der Waals surface area contributed by atoms with Crippen LogP contribution in [0.5, 0.6) is 5.88 Å². The number of aromatic nitrogens is 3. The maximum Gasteiger partial charge on any atom is 0.337 e. The average molecular weight is 557 g/mol. The minimum Gasteiger partial charge on any atom is -0.477 e. The number of esters is 1. The van der Waals surface area contributed by atoms with Crippen molar-refractivity contribution in [3.8, 4) is 17.1 Å². The predicted molar refractivity (Wildman–Crippen MR) is 145 cm³/mol. The highest BCUT2D eigenvalue weighted by molar-refractivity contribution is 9.10. The lowest BCUT2D eigenvalue weighted by molar-refractivity contribution is 0.0600. The van der Waals surface area contributed by atoms with Crippen LogP contribution in [-0.4, -0.2) is 41.0 Å². The molecule has 0 amide bonds. The van der Waals surface area contributed by atoms with Crippen LogP contribution in [-0.2, 0) is 11.8 Å². The van der Waals surface area contributed by atoms with E-state index in [1.165, 1.54) is 20.0 Å². The Kier molecular flexibility index (Phi) is 8.18. The summed E-state index contributed by atoms with van der Waals surface area (Å²) in [5.41, 5.74) is 11.3. The molecule has 3 N–H and O–H groups in total. The summed E-state index contributed by atoms with van der Waals surface area (Å²) in [5.74, 6) is 1.60. The zero-order valence-corrected chi connectivity index (χ0v) is 22.9. The minimum atomic E-state index is -0.393. The summed E-state index contributed by atoms with van der Waals surface area (Å²) < 4.78 is 13.9. The number of hydrogen-bond acceptors (Lipinski definition) is 7. The minimum absolute atomic E-state index is 0.393. The molecule has 1 aliphatic rings. The van der Waals surface area contributed by atoms with Crippen molar-refractivity contribution in [2.45, 2.75) is 39.5 Å². The van der Waals surface area contributed by atoms with Gasteiger partial charge in [-0.2, -0.15) is 5.10 Å². The largest absolute Gasteiger partial charge is 0.477 e. The molecular formula is C27H34BrN5O3. The number of nitrogen functional groups attached to an aromatic ring is 1. The highest BCUT2D eigenvalue weighted by atomic mass is 79.9. The fourth-order valence-corrected chi connectivity index (χ4v) is 5.03. The van der Waals surface area contributed by atoms with Crippen LogP contribution in [0.4, 0.5) is 11.4 Å². The van der Waals surface area contributed by atoms with Crippen LogP contribution >= 0.6 is 15.9 Å². The number of carbonyl (C=O) groups excluding carboxylic acids is 1. The highest BCUT2D eigenvalue weighted by Gasteiger charge is 2.30. The first-order valence-corrected chi connectivity index (χ1v) is 13.1. The first-order chi connectivity index (χ1) is 17.3. The van der Waals surface area contributed by atoms with Crippen LogP contribution in [0.1, 0.15) is 47.4 Å². The number of carbonyl (C=O) groups is 1. The fourth-order valence-electron chi connectivity index (χ4n) is 4.65. The first kappa shape index (κ1) is 26.0. The number of rotatable bonds is 11. The van der Waals surface area contributed by atoms with Gasteiger partial charge < -0.3 is 20.5 Å². The van der Waals surface area contributed by atoms with E-state index in [4.69, 9.17) is 15.2 Å². The Morgan fingerprint density at radius 1 is 1.28 bits per heavy atom. The number of pyridine rings is 1. The lowest BCUT2D eigenvalue weighted by Gasteiger charge is -2.19. The third kappa shape index (κ3) is 6.19. The molecule has 4 rings (SSSR count). The molecule has 1 fully saturated rings. The van der Waals surface area contributed by atoms with E-state index >= 15 is 0 Å². The number of hydrogen-bond donors (Lipinski definition) is 2. The van der Waals surface area contributed by atoms with Crippen molar-refractivity contribution in [1.29, 1.82) is 0 Å². The molecule has 2 heterocycles. The molecule has 8 nitrogen and oxygen atoms in total. The molecule has 1 aliphatic carbocycles. The third-order valence-electron chi connectivity index (χ3n) is 6.62. The Balaban J connectivity index is 1.40. The maximum atomic E-state index is 12.1. The van der Waals surface area contributed by atoms with Crippen LogP contribution < -0.4 is 15.8 Å². The van der Waals surface area contributed by atoms with Crippen molar-refractivity contribution in [3.05, 3.63) is 51.8 Å². The van der Waals surface area contributed by atoms with Gasteiger partial charge in [0.2, 0.25) is 5.88 Å². The Hall–Kier alpha value is -3.07. The summed E-state index contributed by atoms with van der Waals surface area (Å²) in [7, 11) is 3.24. The molecule has 0 unspecified atom stereocenters. The van der Waals surface area contributed by atoms with E-state index in [0.717, 1.165) is 58.1 Å². The normalized spacial score (nSPS) is 13.9. The van der Waals surface area contributed by atoms with E-state index in [0.29, 0.717) is 29.7 Å². The molecule has 36 heavy (non-hydrogen) atoms. The highest BCUT2D eigenvalue weighted by Crippen LogP contribution is 2.40. The van der Waals surface area contributed by atoms with Gasteiger partial charge in [-0.1, -0.05) is 15.9 Å². The van der Waals surface area contributed by atoms with E-state index in [2.05, 4.69) is 31.3 Å². The first-order valence-electron chi connectivity index (χ1n) is 12.3. The third-order valence-corrected chi connectivity index (χ3v) is 7.11. The maximum absolute atomic E-state index is 12.1. The van der Waals surface area contributed by atoms with Crippen LogP contribution in [0, 0.1) is 25.7 Å². The molecule has 1 atom stereocenters. The summed E-state index contributed by atoms with van der Waals surface area (Å²) >= 11 is 3.46. The van der Waals surface area contributed by atoms with E-state index < -0.39 is 5.97 Å². The van der Waals surface area contributed by atoms with E-state index in [1.54, 1.807) is 16.8 Å². The number of methoxy groups -OCH3 is 1. The summed E-state index contributed by atoms with van der Waals surface area (Å²) in [6.45, 7) is 5.25. The number of nitrogens with one attached hydrogen (secondary N) is 1. The van der Waals surface area contributed by atoms with Crippen molar-refractivity contribution in [2.75, 3.05) is 31.3 Å². The number of aryl methyl sites for hydroxylation is 3. The van der Waals surface area contributed by atoms with E-state index in [1.807, 2.05) is 39.1 Å². The monoisotopic (exact) mass is 555 g/mol.